The average Bonchev–Trinajstić information content (AvgIpc) is 2.92. The van der Waals surface area contributed by atoms with Gasteiger partial charge in [-0.05, 0) is 29.2 Å². The Morgan fingerprint density at radius 1 is 1.10 bits per heavy atom. The molecule has 20 heavy (non-hydrogen) atoms. The summed E-state index contributed by atoms with van der Waals surface area (Å²) in [6.07, 6.45) is 1.59. The Balaban J connectivity index is 1.74. The number of hydrogen-bond acceptors (Lipinski definition) is 2. The highest BCUT2D eigenvalue weighted by Gasteiger charge is 2.28. The monoisotopic (exact) mass is 282 g/mol. The number of carbonyl (C=O) groups is 1. The second-order valence-corrected chi connectivity index (χ2v) is 6.28. The number of fused-ring (bicyclic) bond motifs is 1. The number of carbonyl (C=O) groups excluding carboxylic acids is 1. The van der Waals surface area contributed by atoms with E-state index in [1.54, 1.807) is 11.8 Å². The Bertz CT molecular complexity index is 616. The van der Waals surface area contributed by atoms with E-state index in [4.69, 9.17) is 0 Å². The van der Waals surface area contributed by atoms with Gasteiger partial charge in [-0.3, -0.25) is 4.79 Å². The van der Waals surface area contributed by atoms with Gasteiger partial charge in [0.05, 0.1) is 5.92 Å². The molecular formula is C18H18OS. The Hall–Kier alpha value is -1.54. The van der Waals surface area contributed by atoms with Crippen LogP contribution in [0.15, 0.2) is 53.4 Å². The first-order chi connectivity index (χ1) is 9.78. The molecule has 3 rings (SSSR count). The van der Waals surface area contributed by atoms with Crippen LogP contribution in [0.5, 0.6) is 0 Å². The van der Waals surface area contributed by atoms with Crippen molar-refractivity contribution < 1.29 is 4.79 Å². The van der Waals surface area contributed by atoms with Crippen molar-refractivity contribution in [1.82, 2.24) is 0 Å². The minimum Gasteiger partial charge on any atom is -0.299 e. The van der Waals surface area contributed by atoms with Gasteiger partial charge in [0.15, 0.2) is 0 Å². The minimum absolute atomic E-state index is 0.0713. The first kappa shape index (κ1) is 13.4. The summed E-state index contributed by atoms with van der Waals surface area (Å²) in [7, 11) is 0. The molecule has 1 atom stereocenters. The van der Waals surface area contributed by atoms with Crippen molar-refractivity contribution in [2.45, 2.75) is 30.6 Å². The number of ketones is 1. The Kier molecular flexibility index (Phi) is 3.93. The second kappa shape index (κ2) is 5.84. The molecule has 0 N–H and O–H groups in total. The van der Waals surface area contributed by atoms with Gasteiger partial charge in [0.2, 0.25) is 0 Å². The predicted molar refractivity (Wildman–Crippen MR) is 84.4 cm³/mol. The number of benzene rings is 2. The first-order valence-corrected chi connectivity index (χ1v) is 8.08. The molecule has 2 heteroatoms. The van der Waals surface area contributed by atoms with Gasteiger partial charge in [-0.2, -0.15) is 0 Å². The molecule has 102 valence electrons. The lowest BCUT2D eigenvalue weighted by Gasteiger charge is -2.10. The fourth-order valence-corrected chi connectivity index (χ4v) is 3.91. The fourth-order valence-electron chi connectivity index (χ4n) is 2.65. The van der Waals surface area contributed by atoms with Gasteiger partial charge in [0.25, 0.3) is 0 Å². The highest BCUT2D eigenvalue weighted by molar-refractivity contribution is 7.99. The Labute approximate surface area is 124 Å². The molecule has 0 bridgehead atoms. The predicted octanol–water partition coefficient (Wildman–Crippen LogP) is 4.25. The van der Waals surface area contributed by atoms with Gasteiger partial charge in [-0.1, -0.05) is 49.4 Å². The van der Waals surface area contributed by atoms with Crippen LogP contribution in [0.3, 0.4) is 0 Å². The standard InChI is InChI=1S/C18H18OS/c1-2-13-7-9-14(10-8-13)11-17(19)16-12-20-18-6-4-3-5-15(16)18/h3-10,16H,2,11-12H2,1H3. The van der Waals surface area contributed by atoms with Gasteiger partial charge in [-0.25, -0.2) is 0 Å². The molecule has 0 fully saturated rings. The van der Waals surface area contributed by atoms with Crippen LogP contribution in [0.25, 0.3) is 0 Å². The lowest BCUT2D eigenvalue weighted by atomic mass is 9.92. The van der Waals surface area contributed by atoms with E-state index in [1.165, 1.54) is 16.0 Å². The number of aryl methyl sites for hydroxylation is 1. The number of Topliss-reactive ketones (excluding diaryl/α,β-unsaturated/α-hetero) is 1. The third-order valence-electron chi connectivity index (χ3n) is 3.90. The summed E-state index contributed by atoms with van der Waals surface area (Å²) in [6, 6.07) is 16.7. The van der Waals surface area contributed by atoms with Crippen LogP contribution >= 0.6 is 11.8 Å². The van der Waals surface area contributed by atoms with Crippen molar-refractivity contribution in [3.05, 3.63) is 65.2 Å². The SMILES string of the molecule is CCc1ccc(CC(=O)C2CSc3ccccc32)cc1. The molecule has 0 radical (unpaired) electrons. The van der Waals surface area contributed by atoms with Crippen LogP contribution < -0.4 is 0 Å². The Morgan fingerprint density at radius 2 is 1.80 bits per heavy atom. The molecule has 0 aromatic heterocycles. The van der Waals surface area contributed by atoms with E-state index in [9.17, 15) is 4.79 Å². The van der Waals surface area contributed by atoms with Crippen molar-refractivity contribution in [1.29, 1.82) is 0 Å². The highest BCUT2D eigenvalue weighted by atomic mass is 32.2. The minimum atomic E-state index is 0.0713. The molecule has 1 heterocycles. The van der Waals surface area contributed by atoms with E-state index >= 15 is 0 Å². The van der Waals surface area contributed by atoms with Crippen LogP contribution in [-0.2, 0) is 17.6 Å². The number of hydrogen-bond donors (Lipinski definition) is 0. The van der Waals surface area contributed by atoms with E-state index < -0.39 is 0 Å². The van der Waals surface area contributed by atoms with Crippen molar-refractivity contribution in [3.8, 4) is 0 Å². The van der Waals surface area contributed by atoms with Crippen LogP contribution in [0.4, 0.5) is 0 Å². The van der Waals surface area contributed by atoms with Crippen molar-refractivity contribution >= 4 is 17.5 Å². The summed E-state index contributed by atoms with van der Waals surface area (Å²) in [5, 5.41) is 0. The third-order valence-corrected chi connectivity index (χ3v) is 5.08. The van der Waals surface area contributed by atoms with Gasteiger partial charge in [-0.15, -0.1) is 11.8 Å². The molecule has 0 spiro atoms. The molecule has 2 aromatic rings. The fraction of sp³-hybridized carbons (Fsp3) is 0.278. The third kappa shape index (κ3) is 2.66. The zero-order valence-electron chi connectivity index (χ0n) is 11.6. The summed E-state index contributed by atoms with van der Waals surface area (Å²) in [4.78, 5) is 13.8. The van der Waals surface area contributed by atoms with Gasteiger partial charge in [0, 0.05) is 17.1 Å². The Morgan fingerprint density at radius 3 is 2.55 bits per heavy atom. The second-order valence-electron chi connectivity index (χ2n) is 5.21. The van der Waals surface area contributed by atoms with Crippen LogP contribution in [0, 0.1) is 0 Å². The van der Waals surface area contributed by atoms with Crippen molar-refractivity contribution in [2.24, 2.45) is 0 Å². The molecule has 2 aromatic carbocycles. The maximum atomic E-state index is 12.5. The lowest BCUT2D eigenvalue weighted by molar-refractivity contribution is -0.119. The van der Waals surface area contributed by atoms with E-state index in [2.05, 4.69) is 43.3 Å². The van der Waals surface area contributed by atoms with E-state index in [-0.39, 0.29) is 5.92 Å². The quantitative estimate of drug-likeness (QED) is 0.834. The molecular weight excluding hydrogens is 264 g/mol. The molecule has 1 nitrogen and oxygen atoms in total. The average molecular weight is 282 g/mol. The molecule has 0 saturated heterocycles. The largest absolute Gasteiger partial charge is 0.299 e. The van der Waals surface area contributed by atoms with Crippen LogP contribution in [0.2, 0.25) is 0 Å². The van der Waals surface area contributed by atoms with Gasteiger partial charge < -0.3 is 0 Å². The van der Waals surface area contributed by atoms with Crippen LogP contribution in [-0.4, -0.2) is 11.5 Å². The van der Waals surface area contributed by atoms with E-state index in [0.29, 0.717) is 12.2 Å². The van der Waals surface area contributed by atoms with Crippen LogP contribution in [0.1, 0.15) is 29.5 Å². The van der Waals surface area contributed by atoms with Crippen molar-refractivity contribution in [2.75, 3.05) is 5.75 Å². The molecule has 1 aliphatic rings. The first-order valence-electron chi connectivity index (χ1n) is 7.10. The van der Waals surface area contributed by atoms with Gasteiger partial charge >= 0.3 is 0 Å². The molecule has 0 amide bonds. The molecule has 0 aliphatic carbocycles. The molecule has 1 aliphatic heterocycles. The zero-order chi connectivity index (χ0) is 13.9. The number of rotatable bonds is 4. The lowest BCUT2D eigenvalue weighted by Crippen LogP contribution is -2.14. The summed E-state index contributed by atoms with van der Waals surface area (Å²) in [5.41, 5.74) is 3.66. The summed E-state index contributed by atoms with van der Waals surface area (Å²) >= 11 is 1.80. The smallest absolute Gasteiger partial charge is 0.145 e. The van der Waals surface area contributed by atoms with Crippen molar-refractivity contribution in [3.63, 3.8) is 0 Å². The summed E-state index contributed by atoms with van der Waals surface area (Å²) in [5.74, 6) is 1.30. The molecule has 0 saturated carbocycles. The topological polar surface area (TPSA) is 17.1 Å². The number of thioether (sulfide) groups is 1. The summed E-state index contributed by atoms with van der Waals surface area (Å²) < 4.78 is 0. The van der Waals surface area contributed by atoms with E-state index in [0.717, 1.165) is 17.7 Å². The van der Waals surface area contributed by atoms with E-state index in [1.807, 2.05) is 12.1 Å². The highest BCUT2D eigenvalue weighted by Crippen LogP contribution is 2.40. The summed E-state index contributed by atoms with van der Waals surface area (Å²) in [6.45, 7) is 2.15. The molecule has 1 unspecified atom stereocenters. The maximum absolute atomic E-state index is 12.5. The zero-order valence-corrected chi connectivity index (χ0v) is 12.5. The van der Waals surface area contributed by atoms with Gasteiger partial charge in [0.1, 0.15) is 5.78 Å². The maximum Gasteiger partial charge on any atom is 0.145 e. The normalized spacial score (nSPS) is 16.9.